The van der Waals surface area contributed by atoms with E-state index in [4.69, 9.17) is 0 Å². The summed E-state index contributed by atoms with van der Waals surface area (Å²) in [6, 6.07) is 3.38. The van der Waals surface area contributed by atoms with Crippen LogP contribution in [0, 0.1) is 11.6 Å². The molecule has 132 valence electrons. The van der Waals surface area contributed by atoms with Gasteiger partial charge in [0.2, 0.25) is 5.95 Å². The third-order valence-corrected chi connectivity index (χ3v) is 3.70. The fourth-order valence-corrected chi connectivity index (χ4v) is 2.57. The highest BCUT2D eigenvalue weighted by Crippen LogP contribution is 2.18. The van der Waals surface area contributed by atoms with Gasteiger partial charge in [-0.1, -0.05) is 0 Å². The van der Waals surface area contributed by atoms with Crippen LogP contribution in [-0.4, -0.2) is 26.3 Å². The van der Waals surface area contributed by atoms with E-state index in [-0.39, 0.29) is 11.1 Å². The van der Waals surface area contributed by atoms with Crippen LogP contribution in [0.3, 0.4) is 0 Å². The van der Waals surface area contributed by atoms with Crippen LogP contribution in [0.5, 0.6) is 0 Å². The number of hydrogen-bond acceptors (Lipinski definition) is 4. The standard InChI is InChI=1S/C17H19F2N5O/c1-17(2,3)24-14-13(9-21-24)15(25)23-16(22-14)20-5-4-10-6-11(18)8-12(19)7-10/h6-9H,4-5H2,1-3H3,(H2,20,22,23,25). The predicted molar refractivity (Wildman–Crippen MR) is 91.7 cm³/mol. The summed E-state index contributed by atoms with van der Waals surface area (Å²) in [6.45, 7) is 6.26. The first-order valence-corrected chi connectivity index (χ1v) is 7.91. The minimum absolute atomic E-state index is 0.292. The first-order chi connectivity index (χ1) is 11.7. The molecule has 2 heterocycles. The number of nitrogens with zero attached hydrogens (tertiary/aromatic N) is 3. The maximum Gasteiger partial charge on any atom is 0.263 e. The molecule has 0 aliphatic rings. The van der Waals surface area contributed by atoms with E-state index in [2.05, 4.69) is 20.4 Å². The number of nitrogens with one attached hydrogen (secondary N) is 2. The van der Waals surface area contributed by atoms with Crippen molar-refractivity contribution in [1.82, 2.24) is 19.7 Å². The molecule has 0 amide bonds. The van der Waals surface area contributed by atoms with Crippen LogP contribution in [0.15, 0.2) is 29.2 Å². The minimum atomic E-state index is -0.614. The number of fused-ring (bicyclic) bond motifs is 1. The number of anilines is 1. The summed E-state index contributed by atoms with van der Waals surface area (Å²) in [4.78, 5) is 19.2. The quantitative estimate of drug-likeness (QED) is 0.761. The van der Waals surface area contributed by atoms with Crippen molar-refractivity contribution in [1.29, 1.82) is 0 Å². The van der Waals surface area contributed by atoms with E-state index >= 15 is 0 Å². The molecule has 1 aromatic carbocycles. The average Bonchev–Trinajstić information content (AvgIpc) is 2.90. The summed E-state index contributed by atoms with van der Waals surface area (Å²) in [6.07, 6.45) is 1.88. The maximum atomic E-state index is 13.2. The molecule has 0 saturated heterocycles. The Morgan fingerprint density at radius 2 is 1.88 bits per heavy atom. The molecule has 3 rings (SSSR count). The van der Waals surface area contributed by atoms with Gasteiger partial charge in [0.15, 0.2) is 5.65 Å². The molecule has 2 aromatic heterocycles. The van der Waals surface area contributed by atoms with Crippen LogP contribution in [-0.2, 0) is 12.0 Å². The Bertz CT molecular complexity index is 951. The zero-order chi connectivity index (χ0) is 18.2. The topological polar surface area (TPSA) is 75.6 Å². The first-order valence-electron chi connectivity index (χ1n) is 7.91. The largest absolute Gasteiger partial charge is 0.355 e. The zero-order valence-corrected chi connectivity index (χ0v) is 14.2. The number of rotatable bonds is 4. The van der Waals surface area contributed by atoms with Gasteiger partial charge >= 0.3 is 0 Å². The minimum Gasteiger partial charge on any atom is -0.355 e. The fraction of sp³-hybridized carbons (Fsp3) is 0.353. The van der Waals surface area contributed by atoms with Crippen LogP contribution in [0.4, 0.5) is 14.7 Å². The molecule has 0 aliphatic carbocycles. The second-order valence-electron chi connectivity index (χ2n) is 6.83. The smallest absolute Gasteiger partial charge is 0.263 e. The highest BCUT2D eigenvalue weighted by molar-refractivity contribution is 5.74. The maximum absolute atomic E-state index is 13.2. The normalized spacial score (nSPS) is 11.9. The lowest BCUT2D eigenvalue weighted by Crippen LogP contribution is -2.24. The van der Waals surface area contributed by atoms with Crippen molar-refractivity contribution in [3.8, 4) is 0 Å². The molecule has 0 radical (unpaired) electrons. The molecule has 0 spiro atoms. The van der Waals surface area contributed by atoms with Crippen molar-refractivity contribution in [2.24, 2.45) is 0 Å². The molecule has 3 aromatic rings. The number of aromatic nitrogens is 4. The van der Waals surface area contributed by atoms with Gasteiger partial charge in [-0.25, -0.2) is 13.5 Å². The van der Waals surface area contributed by atoms with Gasteiger partial charge in [0.05, 0.1) is 11.7 Å². The van der Waals surface area contributed by atoms with Gasteiger partial charge in [0.1, 0.15) is 17.0 Å². The lowest BCUT2D eigenvalue weighted by atomic mass is 10.1. The molecule has 0 atom stereocenters. The van der Waals surface area contributed by atoms with E-state index in [1.165, 1.54) is 18.3 Å². The van der Waals surface area contributed by atoms with Crippen LogP contribution in [0.1, 0.15) is 26.3 Å². The Labute approximate surface area is 142 Å². The molecule has 0 unspecified atom stereocenters. The highest BCUT2D eigenvalue weighted by atomic mass is 19.1. The van der Waals surface area contributed by atoms with Gasteiger partial charge in [-0.2, -0.15) is 10.1 Å². The third-order valence-electron chi connectivity index (χ3n) is 3.70. The average molecular weight is 347 g/mol. The molecule has 6 nitrogen and oxygen atoms in total. The lowest BCUT2D eigenvalue weighted by molar-refractivity contribution is 0.366. The number of halogens is 2. The van der Waals surface area contributed by atoms with E-state index in [0.29, 0.717) is 35.5 Å². The number of benzene rings is 1. The van der Waals surface area contributed by atoms with Crippen LogP contribution in [0.2, 0.25) is 0 Å². The van der Waals surface area contributed by atoms with Crippen molar-refractivity contribution >= 4 is 17.0 Å². The van der Waals surface area contributed by atoms with E-state index in [9.17, 15) is 13.6 Å². The summed E-state index contributed by atoms with van der Waals surface area (Å²) >= 11 is 0. The van der Waals surface area contributed by atoms with Gasteiger partial charge in [-0.15, -0.1) is 0 Å². The molecule has 8 heteroatoms. The molecular formula is C17H19F2N5O. The summed E-state index contributed by atoms with van der Waals surface area (Å²) in [7, 11) is 0. The number of H-pyrrole nitrogens is 1. The van der Waals surface area contributed by atoms with E-state index in [1.807, 2.05) is 20.8 Å². The molecular weight excluding hydrogens is 328 g/mol. The third kappa shape index (κ3) is 3.67. The van der Waals surface area contributed by atoms with Crippen molar-refractivity contribution < 1.29 is 8.78 Å². The van der Waals surface area contributed by atoms with Crippen LogP contribution in [0.25, 0.3) is 11.0 Å². The van der Waals surface area contributed by atoms with Crippen LogP contribution < -0.4 is 10.9 Å². The van der Waals surface area contributed by atoms with Gasteiger partial charge in [0.25, 0.3) is 5.56 Å². The number of hydrogen-bond donors (Lipinski definition) is 2. The van der Waals surface area contributed by atoms with E-state index in [0.717, 1.165) is 6.07 Å². The summed E-state index contributed by atoms with van der Waals surface area (Å²) in [5.41, 5.74) is 0.391. The Kier molecular flexibility index (Phi) is 4.28. The Hall–Kier alpha value is -2.77. The van der Waals surface area contributed by atoms with E-state index in [1.54, 1.807) is 4.68 Å². The molecule has 2 N–H and O–H groups in total. The van der Waals surface area contributed by atoms with Gasteiger partial charge in [-0.05, 0) is 44.9 Å². The second-order valence-corrected chi connectivity index (χ2v) is 6.83. The first kappa shape index (κ1) is 17.1. The van der Waals surface area contributed by atoms with Crippen molar-refractivity contribution in [2.75, 3.05) is 11.9 Å². The Morgan fingerprint density at radius 1 is 1.20 bits per heavy atom. The summed E-state index contributed by atoms with van der Waals surface area (Å²) in [5.74, 6) is -0.936. The zero-order valence-electron chi connectivity index (χ0n) is 14.2. The SMILES string of the molecule is CC(C)(C)n1ncc2c(=O)[nH]c(NCCc3cc(F)cc(F)c3)nc21. The van der Waals surface area contributed by atoms with Crippen molar-refractivity contribution in [2.45, 2.75) is 32.7 Å². The monoisotopic (exact) mass is 347 g/mol. The summed E-state index contributed by atoms with van der Waals surface area (Å²) in [5, 5.41) is 7.63. The number of aromatic amines is 1. The predicted octanol–water partition coefficient (Wildman–Crippen LogP) is 2.81. The lowest BCUT2D eigenvalue weighted by Gasteiger charge is -2.19. The van der Waals surface area contributed by atoms with E-state index < -0.39 is 11.6 Å². The second kappa shape index (κ2) is 6.27. The van der Waals surface area contributed by atoms with Crippen molar-refractivity contribution in [3.05, 3.63) is 51.9 Å². The highest BCUT2D eigenvalue weighted by Gasteiger charge is 2.19. The van der Waals surface area contributed by atoms with Gasteiger partial charge in [-0.3, -0.25) is 9.78 Å². The molecule has 0 saturated carbocycles. The molecule has 0 bridgehead atoms. The summed E-state index contributed by atoms with van der Waals surface area (Å²) < 4.78 is 28.1. The Balaban J connectivity index is 1.81. The van der Waals surface area contributed by atoms with Crippen molar-refractivity contribution in [3.63, 3.8) is 0 Å². The van der Waals surface area contributed by atoms with Crippen LogP contribution >= 0.6 is 0 Å². The molecule has 25 heavy (non-hydrogen) atoms. The molecule has 0 aliphatic heterocycles. The van der Waals surface area contributed by atoms with Gasteiger partial charge in [0, 0.05) is 12.6 Å². The fourth-order valence-electron chi connectivity index (χ4n) is 2.57. The Morgan fingerprint density at radius 3 is 2.52 bits per heavy atom. The molecule has 0 fully saturated rings. The van der Waals surface area contributed by atoms with Gasteiger partial charge < -0.3 is 5.32 Å².